The van der Waals surface area contributed by atoms with Crippen molar-refractivity contribution < 1.29 is 9.21 Å². The highest BCUT2D eigenvalue weighted by molar-refractivity contribution is 9.10. The molecule has 1 aliphatic heterocycles. The van der Waals surface area contributed by atoms with E-state index in [4.69, 9.17) is 16.0 Å². The van der Waals surface area contributed by atoms with Crippen LogP contribution < -0.4 is 10.3 Å². The first kappa shape index (κ1) is 19.5. The molecule has 0 aliphatic carbocycles. The maximum Gasteiger partial charge on any atom is 0.295 e. The first-order valence-electron chi connectivity index (χ1n) is 9.05. The lowest BCUT2D eigenvalue weighted by Crippen LogP contribution is -2.29. The molecule has 7 heteroatoms. The van der Waals surface area contributed by atoms with E-state index < -0.39 is 6.04 Å². The molecule has 1 atom stereocenters. The molecule has 0 saturated heterocycles. The molecule has 5 rings (SSSR count). The highest BCUT2D eigenvalue weighted by Gasteiger charge is 2.43. The zero-order valence-corrected chi connectivity index (χ0v) is 19.2. The number of benzene rings is 3. The quantitative estimate of drug-likeness (QED) is 0.281. The summed E-state index contributed by atoms with van der Waals surface area (Å²) in [6.07, 6.45) is 0. The minimum absolute atomic E-state index is 0.0553. The summed E-state index contributed by atoms with van der Waals surface area (Å²) in [5, 5.41) is 0.939. The Kier molecular flexibility index (Phi) is 4.81. The number of amides is 1. The maximum atomic E-state index is 13.5. The Hall–Kier alpha value is -2.41. The van der Waals surface area contributed by atoms with Gasteiger partial charge in [-0.2, -0.15) is 0 Å². The predicted octanol–water partition coefficient (Wildman–Crippen LogP) is 6.72. The highest BCUT2D eigenvalue weighted by atomic mass is 79.9. The number of carbonyl (C=O) groups is 1. The maximum absolute atomic E-state index is 13.5. The minimum atomic E-state index is -0.653. The molecule has 0 spiro atoms. The van der Waals surface area contributed by atoms with Gasteiger partial charge < -0.3 is 4.42 Å². The van der Waals surface area contributed by atoms with Gasteiger partial charge in [0.25, 0.3) is 5.91 Å². The zero-order valence-electron chi connectivity index (χ0n) is 15.2. The summed E-state index contributed by atoms with van der Waals surface area (Å²) in [5.74, 6) is -0.310. The van der Waals surface area contributed by atoms with Crippen LogP contribution in [0.4, 0.5) is 5.69 Å². The molecule has 2 heterocycles. The molecule has 1 amide bonds. The van der Waals surface area contributed by atoms with Gasteiger partial charge in [-0.05, 0) is 54.1 Å². The number of anilines is 1. The summed E-state index contributed by atoms with van der Waals surface area (Å²) >= 11 is 13.1. The first-order chi connectivity index (χ1) is 14.4. The van der Waals surface area contributed by atoms with Crippen LogP contribution in [-0.2, 0) is 0 Å². The molecule has 30 heavy (non-hydrogen) atoms. The van der Waals surface area contributed by atoms with E-state index in [1.165, 1.54) is 0 Å². The average Bonchev–Trinajstić information content (AvgIpc) is 3.01. The lowest BCUT2D eigenvalue weighted by molar-refractivity contribution is 0.0971. The fourth-order valence-electron chi connectivity index (χ4n) is 3.83. The third-order valence-electron chi connectivity index (χ3n) is 5.08. The lowest BCUT2D eigenvalue weighted by atomic mass is 9.98. The molecule has 148 valence electrons. The monoisotopic (exact) mass is 543 g/mol. The van der Waals surface area contributed by atoms with E-state index in [1.54, 1.807) is 41.3 Å². The van der Waals surface area contributed by atoms with Gasteiger partial charge in [-0.25, -0.2) is 0 Å². The summed E-state index contributed by atoms with van der Waals surface area (Å²) in [4.78, 5) is 28.6. The van der Waals surface area contributed by atoms with Crippen molar-refractivity contribution in [2.24, 2.45) is 0 Å². The second-order valence-electron chi connectivity index (χ2n) is 6.93. The van der Waals surface area contributed by atoms with Crippen molar-refractivity contribution in [1.82, 2.24) is 0 Å². The summed E-state index contributed by atoms with van der Waals surface area (Å²) < 4.78 is 7.54. The van der Waals surface area contributed by atoms with Crippen molar-refractivity contribution in [2.75, 3.05) is 4.90 Å². The summed E-state index contributed by atoms with van der Waals surface area (Å²) in [7, 11) is 0. The third kappa shape index (κ3) is 3.11. The van der Waals surface area contributed by atoms with E-state index in [9.17, 15) is 9.59 Å². The van der Waals surface area contributed by atoms with Gasteiger partial charge in [-0.15, -0.1) is 0 Å². The summed E-state index contributed by atoms with van der Waals surface area (Å²) in [6, 6.07) is 19.1. The van der Waals surface area contributed by atoms with Gasteiger partial charge in [0.1, 0.15) is 5.58 Å². The smallest absolute Gasteiger partial charge is 0.295 e. The minimum Gasteiger partial charge on any atom is -0.450 e. The van der Waals surface area contributed by atoms with Crippen LogP contribution in [-0.4, -0.2) is 5.91 Å². The van der Waals surface area contributed by atoms with Crippen LogP contribution in [0.3, 0.4) is 0 Å². The summed E-state index contributed by atoms with van der Waals surface area (Å²) in [5.41, 5.74) is 1.83. The van der Waals surface area contributed by atoms with Gasteiger partial charge in [-0.1, -0.05) is 61.7 Å². The van der Waals surface area contributed by atoms with Gasteiger partial charge in [0.15, 0.2) is 5.43 Å². The normalized spacial score (nSPS) is 15.6. The van der Waals surface area contributed by atoms with Gasteiger partial charge in [0.2, 0.25) is 5.76 Å². The molecule has 4 nitrogen and oxygen atoms in total. The number of nitrogens with zero attached hydrogens (tertiary/aromatic N) is 1. The molecule has 0 bridgehead atoms. The second-order valence-corrected chi connectivity index (χ2v) is 9.19. The third-order valence-corrected chi connectivity index (χ3v) is 6.30. The van der Waals surface area contributed by atoms with Crippen LogP contribution in [0.15, 0.2) is 84.9 Å². The number of hydrogen-bond donors (Lipinski definition) is 0. The molecule has 3 aromatic carbocycles. The molecule has 1 aromatic heterocycles. The van der Waals surface area contributed by atoms with Crippen LogP contribution in [0.2, 0.25) is 5.02 Å². The van der Waals surface area contributed by atoms with Crippen LogP contribution in [0.25, 0.3) is 11.0 Å². The Balaban J connectivity index is 1.84. The number of fused-ring (bicyclic) bond motifs is 2. The van der Waals surface area contributed by atoms with Gasteiger partial charge >= 0.3 is 0 Å². The highest BCUT2D eigenvalue weighted by Crippen LogP contribution is 2.42. The first-order valence-corrected chi connectivity index (χ1v) is 11.0. The Morgan fingerprint density at radius 3 is 2.43 bits per heavy atom. The van der Waals surface area contributed by atoms with E-state index in [1.807, 2.05) is 30.3 Å². The number of halogens is 3. The Bertz CT molecular complexity index is 1400. The van der Waals surface area contributed by atoms with E-state index in [0.29, 0.717) is 27.2 Å². The SMILES string of the molecule is O=C1c2oc3ccc(Br)cc3c(=O)c2C(c2cccc(Cl)c2)N1c1cccc(Br)c1. The van der Waals surface area contributed by atoms with Crippen molar-refractivity contribution in [3.8, 4) is 0 Å². The van der Waals surface area contributed by atoms with E-state index in [2.05, 4.69) is 31.9 Å². The predicted molar refractivity (Wildman–Crippen MR) is 124 cm³/mol. The number of rotatable bonds is 2. The van der Waals surface area contributed by atoms with E-state index in [0.717, 1.165) is 14.5 Å². The zero-order chi connectivity index (χ0) is 21.0. The molecule has 0 saturated carbocycles. The van der Waals surface area contributed by atoms with Crippen molar-refractivity contribution >= 4 is 66.0 Å². The van der Waals surface area contributed by atoms with Gasteiger partial charge in [-0.3, -0.25) is 14.5 Å². The standard InChI is InChI=1S/C23H12Br2ClNO3/c24-13-4-2-6-16(10-13)27-20(12-3-1-5-15(26)9-12)19-21(28)17-11-14(25)7-8-18(17)30-22(19)23(27)29/h1-11,20H. The molecule has 0 fully saturated rings. The van der Waals surface area contributed by atoms with Crippen LogP contribution in [0, 0.1) is 0 Å². The van der Waals surface area contributed by atoms with Gasteiger partial charge in [0, 0.05) is 19.7 Å². The molecule has 1 unspecified atom stereocenters. The lowest BCUT2D eigenvalue weighted by Gasteiger charge is -2.25. The number of carbonyl (C=O) groups excluding carboxylic acids is 1. The van der Waals surface area contributed by atoms with Crippen LogP contribution in [0.1, 0.15) is 27.7 Å². The second kappa shape index (κ2) is 7.38. The average molecular weight is 546 g/mol. The molecule has 0 radical (unpaired) electrons. The van der Waals surface area contributed by atoms with Crippen LogP contribution >= 0.6 is 43.5 Å². The van der Waals surface area contributed by atoms with Gasteiger partial charge in [0.05, 0.1) is 17.0 Å². The summed E-state index contributed by atoms with van der Waals surface area (Å²) in [6.45, 7) is 0. The van der Waals surface area contributed by atoms with Crippen molar-refractivity contribution in [2.45, 2.75) is 6.04 Å². The molecule has 0 N–H and O–H groups in total. The van der Waals surface area contributed by atoms with E-state index >= 15 is 0 Å². The van der Waals surface area contributed by atoms with E-state index in [-0.39, 0.29) is 17.1 Å². The Labute approximate surface area is 193 Å². The Morgan fingerprint density at radius 2 is 1.67 bits per heavy atom. The largest absolute Gasteiger partial charge is 0.450 e. The Morgan fingerprint density at radius 1 is 0.900 bits per heavy atom. The fraction of sp³-hybridized carbons (Fsp3) is 0.0435. The fourth-order valence-corrected chi connectivity index (χ4v) is 4.78. The molecular formula is C23H12Br2ClNO3. The van der Waals surface area contributed by atoms with Crippen molar-refractivity contribution in [3.63, 3.8) is 0 Å². The topological polar surface area (TPSA) is 50.5 Å². The molecule has 4 aromatic rings. The molecular weight excluding hydrogens is 534 g/mol. The number of hydrogen-bond acceptors (Lipinski definition) is 3. The van der Waals surface area contributed by atoms with Crippen LogP contribution in [0.5, 0.6) is 0 Å². The van der Waals surface area contributed by atoms with Crippen molar-refractivity contribution in [1.29, 1.82) is 0 Å². The van der Waals surface area contributed by atoms with Crippen molar-refractivity contribution in [3.05, 3.63) is 108 Å². The molecule has 1 aliphatic rings.